The lowest BCUT2D eigenvalue weighted by Gasteiger charge is -2.20. The zero-order valence-corrected chi connectivity index (χ0v) is 15.8. The Morgan fingerprint density at radius 2 is 1.73 bits per heavy atom. The molecule has 0 fully saturated rings. The predicted molar refractivity (Wildman–Crippen MR) is 97.6 cm³/mol. The molecule has 0 aliphatic carbocycles. The molecule has 0 saturated carbocycles. The number of carbonyl (C=O) groups excluding carboxylic acids is 1. The summed E-state index contributed by atoms with van der Waals surface area (Å²) in [5.74, 6) is -0.254. The second-order valence-electron chi connectivity index (χ2n) is 6.12. The van der Waals surface area contributed by atoms with Gasteiger partial charge in [-0.25, -0.2) is 12.8 Å². The van der Waals surface area contributed by atoms with Crippen molar-refractivity contribution in [3.8, 4) is 5.75 Å². The van der Waals surface area contributed by atoms with Crippen molar-refractivity contribution in [3.05, 3.63) is 59.9 Å². The highest BCUT2D eigenvalue weighted by atomic mass is 32.2. The maximum absolute atomic E-state index is 12.9. The number of benzene rings is 2. The zero-order chi connectivity index (χ0) is 19.3. The molecule has 0 aromatic heterocycles. The monoisotopic (exact) mass is 379 g/mol. The molecule has 5 nitrogen and oxygen atoms in total. The van der Waals surface area contributed by atoms with Crippen LogP contribution < -0.4 is 4.74 Å². The van der Waals surface area contributed by atoms with Gasteiger partial charge in [0.05, 0.1) is 22.3 Å². The number of halogens is 1. The molecule has 0 aliphatic rings. The summed E-state index contributed by atoms with van der Waals surface area (Å²) < 4.78 is 43.3. The average Bonchev–Trinajstić information content (AvgIpc) is 2.62. The molecule has 0 N–H and O–H groups in total. The third-order valence-electron chi connectivity index (χ3n) is 3.90. The van der Waals surface area contributed by atoms with E-state index in [0.29, 0.717) is 5.75 Å². The van der Waals surface area contributed by atoms with Crippen molar-refractivity contribution < 1.29 is 22.3 Å². The smallest absolute Gasteiger partial charge is 0.255 e. The Bertz CT molecular complexity index is 863. The highest BCUT2D eigenvalue weighted by Crippen LogP contribution is 2.21. The van der Waals surface area contributed by atoms with E-state index in [9.17, 15) is 17.6 Å². The molecule has 2 aromatic carbocycles. The van der Waals surface area contributed by atoms with Crippen LogP contribution in [-0.4, -0.2) is 44.7 Å². The number of sulfone groups is 1. The van der Waals surface area contributed by atoms with Gasteiger partial charge in [-0.15, -0.1) is 0 Å². The quantitative estimate of drug-likeness (QED) is 0.741. The second kappa shape index (κ2) is 8.31. The van der Waals surface area contributed by atoms with Crippen molar-refractivity contribution in [3.63, 3.8) is 0 Å². The Morgan fingerprint density at radius 1 is 1.12 bits per heavy atom. The van der Waals surface area contributed by atoms with E-state index in [1.807, 2.05) is 0 Å². The fraction of sp³-hybridized carbons (Fsp3) is 0.316. The molecular formula is C19H22FNO4S. The van der Waals surface area contributed by atoms with Crippen LogP contribution in [0.25, 0.3) is 0 Å². The van der Waals surface area contributed by atoms with Crippen molar-refractivity contribution in [1.82, 2.24) is 4.90 Å². The Morgan fingerprint density at radius 3 is 2.35 bits per heavy atom. The van der Waals surface area contributed by atoms with Crippen LogP contribution in [0.4, 0.5) is 4.39 Å². The minimum absolute atomic E-state index is 0.0336. The summed E-state index contributed by atoms with van der Waals surface area (Å²) >= 11 is 0. The fourth-order valence-corrected chi connectivity index (χ4v) is 3.52. The minimum Gasteiger partial charge on any atom is -0.492 e. The maximum Gasteiger partial charge on any atom is 0.255 e. The van der Waals surface area contributed by atoms with Crippen LogP contribution in [0.2, 0.25) is 0 Å². The van der Waals surface area contributed by atoms with Crippen molar-refractivity contribution in [2.75, 3.05) is 20.2 Å². The molecule has 0 radical (unpaired) electrons. The van der Waals surface area contributed by atoms with Gasteiger partial charge >= 0.3 is 0 Å². The Kier molecular flexibility index (Phi) is 6.37. The summed E-state index contributed by atoms with van der Waals surface area (Å²) in [5, 5.41) is -0.622. The Hall–Kier alpha value is -2.41. The van der Waals surface area contributed by atoms with Crippen LogP contribution in [-0.2, 0) is 9.84 Å². The van der Waals surface area contributed by atoms with Crippen LogP contribution in [0, 0.1) is 5.82 Å². The molecule has 0 heterocycles. The van der Waals surface area contributed by atoms with Crippen LogP contribution >= 0.6 is 0 Å². The Labute approximate surface area is 153 Å². The van der Waals surface area contributed by atoms with Gasteiger partial charge < -0.3 is 9.64 Å². The molecular weight excluding hydrogens is 357 g/mol. The topological polar surface area (TPSA) is 63.7 Å². The first kappa shape index (κ1) is 19.9. The van der Waals surface area contributed by atoms with Gasteiger partial charge in [0.15, 0.2) is 9.84 Å². The standard InChI is InChI=1S/C19H22FNO4S/c1-14(2)26(23,24)18-7-5-4-6-17(18)19(22)21(3)12-13-25-16-10-8-15(20)9-11-16/h4-11,14H,12-13H2,1-3H3. The van der Waals surface area contributed by atoms with E-state index < -0.39 is 21.0 Å². The first-order valence-electron chi connectivity index (χ1n) is 8.20. The molecule has 2 rings (SSSR count). The lowest BCUT2D eigenvalue weighted by Crippen LogP contribution is -2.32. The van der Waals surface area contributed by atoms with Gasteiger partial charge in [0, 0.05) is 7.05 Å². The molecule has 7 heteroatoms. The van der Waals surface area contributed by atoms with Crippen LogP contribution in [0.3, 0.4) is 0 Å². The van der Waals surface area contributed by atoms with Crippen molar-refractivity contribution >= 4 is 15.7 Å². The van der Waals surface area contributed by atoms with Gasteiger partial charge in [-0.2, -0.15) is 0 Å². The van der Waals surface area contributed by atoms with E-state index in [2.05, 4.69) is 0 Å². The molecule has 0 bridgehead atoms. The molecule has 0 aliphatic heterocycles. The van der Waals surface area contributed by atoms with E-state index in [0.717, 1.165) is 0 Å². The summed E-state index contributed by atoms with van der Waals surface area (Å²) in [7, 11) is -1.99. The third-order valence-corrected chi connectivity index (χ3v) is 6.11. The van der Waals surface area contributed by atoms with Crippen molar-refractivity contribution in [1.29, 1.82) is 0 Å². The van der Waals surface area contributed by atoms with E-state index in [1.165, 1.54) is 41.3 Å². The number of rotatable bonds is 7. The number of nitrogens with zero attached hydrogens (tertiary/aromatic N) is 1. The maximum atomic E-state index is 12.9. The summed E-state index contributed by atoms with van der Waals surface area (Å²) in [6, 6.07) is 11.8. The highest BCUT2D eigenvalue weighted by molar-refractivity contribution is 7.92. The normalized spacial score (nSPS) is 11.4. The summed E-state index contributed by atoms with van der Waals surface area (Å²) in [6.07, 6.45) is 0. The number of hydrogen-bond donors (Lipinski definition) is 0. The third kappa shape index (κ3) is 4.60. The predicted octanol–water partition coefficient (Wildman–Crippen LogP) is 3.16. The van der Waals surface area contributed by atoms with E-state index in [-0.39, 0.29) is 29.4 Å². The average molecular weight is 379 g/mol. The first-order chi connectivity index (χ1) is 12.2. The Balaban J connectivity index is 2.08. The summed E-state index contributed by atoms with van der Waals surface area (Å²) in [5.41, 5.74) is 0.144. The van der Waals surface area contributed by atoms with Gasteiger partial charge in [-0.1, -0.05) is 12.1 Å². The van der Waals surface area contributed by atoms with Crippen LogP contribution in [0.5, 0.6) is 5.75 Å². The number of likely N-dealkylation sites (N-methyl/N-ethyl adjacent to an activating group) is 1. The van der Waals surface area contributed by atoms with Gasteiger partial charge in [-0.05, 0) is 50.2 Å². The summed E-state index contributed by atoms with van der Waals surface area (Å²) in [4.78, 5) is 14.1. The van der Waals surface area contributed by atoms with E-state index >= 15 is 0 Å². The molecule has 2 aromatic rings. The number of carbonyl (C=O) groups is 1. The van der Waals surface area contributed by atoms with Crippen LogP contribution in [0.1, 0.15) is 24.2 Å². The highest BCUT2D eigenvalue weighted by Gasteiger charge is 2.26. The number of ether oxygens (including phenoxy) is 1. The lowest BCUT2D eigenvalue weighted by molar-refractivity contribution is 0.0770. The van der Waals surface area contributed by atoms with E-state index in [4.69, 9.17) is 4.74 Å². The molecule has 1 amide bonds. The molecule has 140 valence electrons. The van der Waals surface area contributed by atoms with Crippen molar-refractivity contribution in [2.24, 2.45) is 0 Å². The summed E-state index contributed by atoms with van der Waals surface area (Å²) in [6.45, 7) is 3.62. The molecule has 0 atom stereocenters. The molecule has 0 unspecified atom stereocenters. The fourth-order valence-electron chi connectivity index (χ4n) is 2.28. The molecule has 0 saturated heterocycles. The van der Waals surface area contributed by atoms with Gasteiger partial charge in [0.25, 0.3) is 5.91 Å². The zero-order valence-electron chi connectivity index (χ0n) is 15.0. The van der Waals surface area contributed by atoms with E-state index in [1.54, 1.807) is 33.0 Å². The van der Waals surface area contributed by atoms with Crippen molar-refractivity contribution in [2.45, 2.75) is 24.0 Å². The van der Waals surface area contributed by atoms with Crippen LogP contribution in [0.15, 0.2) is 53.4 Å². The number of hydrogen-bond acceptors (Lipinski definition) is 4. The van der Waals surface area contributed by atoms with Gasteiger partial charge in [0.1, 0.15) is 18.2 Å². The lowest BCUT2D eigenvalue weighted by atomic mass is 10.2. The first-order valence-corrected chi connectivity index (χ1v) is 9.75. The minimum atomic E-state index is -3.57. The van der Waals surface area contributed by atoms with Gasteiger partial charge in [0.2, 0.25) is 0 Å². The molecule has 0 spiro atoms. The largest absolute Gasteiger partial charge is 0.492 e. The number of amides is 1. The molecule has 26 heavy (non-hydrogen) atoms. The van der Waals surface area contributed by atoms with Gasteiger partial charge in [-0.3, -0.25) is 4.79 Å². The SMILES string of the molecule is CC(C)S(=O)(=O)c1ccccc1C(=O)N(C)CCOc1ccc(F)cc1. The second-order valence-corrected chi connectivity index (χ2v) is 8.59.